The number of carboxylic acid groups (broad SMARTS) is 1. The standard InChI is InChI=1S/C12H22O3.Mn/c1-3-4-5-6-7-8-9-11(10(2)13)12(14)15;/h11H,3-9H2,1-2H3,(H,14,15);. The van der Waals surface area contributed by atoms with Crippen LogP contribution < -0.4 is 0 Å². The van der Waals surface area contributed by atoms with E-state index in [1.54, 1.807) is 0 Å². The van der Waals surface area contributed by atoms with E-state index in [4.69, 9.17) is 5.11 Å². The molecule has 0 rings (SSSR count). The zero-order chi connectivity index (χ0) is 11.7. The molecule has 0 aromatic carbocycles. The van der Waals surface area contributed by atoms with Gasteiger partial charge in [0.25, 0.3) is 0 Å². The molecule has 0 fully saturated rings. The molecule has 4 heteroatoms. The van der Waals surface area contributed by atoms with Gasteiger partial charge in [0.2, 0.25) is 0 Å². The number of unbranched alkanes of at least 4 members (excludes halogenated alkanes) is 5. The molecule has 0 bridgehead atoms. The molecule has 1 atom stereocenters. The molecular weight excluding hydrogens is 247 g/mol. The topological polar surface area (TPSA) is 54.4 Å². The van der Waals surface area contributed by atoms with Crippen LogP contribution in [-0.4, -0.2) is 16.9 Å². The van der Waals surface area contributed by atoms with Crippen LogP contribution in [0.3, 0.4) is 0 Å². The van der Waals surface area contributed by atoms with Crippen molar-refractivity contribution in [2.45, 2.75) is 58.8 Å². The van der Waals surface area contributed by atoms with E-state index >= 15 is 0 Å². The van der Waals surface area contributed by atoms with Gasteiger partial charge in [-0.25, -0.2) is 0 Å². The van der Waals surface area contributed by atoms with E-state index in [2.05, 4.69) is 6.92 Å². The second-order valence-electron chi connectivity index (χ2n) is 4.06. The van der Waals surface area contributed by atoms with Crippen LogP contribution in [0, 0.1) is 5.92 Å². The number of hydrogen-bond acceptors (Lipinski definition) is 2. The van der Waals surface area contributed by atoms with Crippen LogP contribution >= 0.6 is 0 Å². The minimum Gasteiger partial charge on any atom is -0.481 e. The first-order valence-corrected chi connectivity index (χ1v) is 5.82. The summed E-state index contributed by atoms with van der Waals surface area (Å²) in [4.78, 5) is 21.7. The number of carboxylic acids is 1. The first-order valence-electron chi connectivity index (χ1n) is 5.82. The average Bonchev–Trinajstić information content (AvgIpc) is 2.15. The first-order chi connectivity index (χ1) is 7.09. The van der Waals surface area contributed by atoms with Gasteiger partial charge in [0.15, 0.2) is 0 Å². The maximum atomic E-state index is 11.0. The van der Waals surface area contributed by atoms with Crippen molar-refractivity contribution < 1.29 is 31.8 Å². The third-order valence-corrected chi connectivity index (χ3v) is 2.64. The van der Waals surface area contributed by atoms with Gasteiger partial charge in [0.1, 0.15) is 11.7 Å². The molecule has 0 aromatic rings. The third-order valence-electron chi connectivity index (χ3n) is 2.64. The Kier molecular flexibility index (Phi) is 12.6. The van der Waals surface area contributed by atoms with Gasteiger partial charge < -0.3 is 5.11 Å². The van der Waals surface area contributed by atoms with E-state index in [1.807, 2.05) is 0 Å². The van der Waals surface area contributed by atoms with Gasteiger partial charge in [-0.1, -0.05) is 45.4 Å². The SMILES string of the molecule is CCCCCCCCC(C(C)=O)C(=O)O.[Mn]. The number of carbonyl (C=O) groups excluding carboxylic acids is 1. The Morgan fingerprint density at radius 2 is 1.56 bits per heavy atom. The Balaban J connectivity index is 0. The van der Waals surface area contributed by atoms with Crippen molar-refractivity contribution in [3.8, 4) is 0 Å². The van der Waals surface area contributed by atoms with E-state index in [-0.39, 0.29) is 22.9 Å². The van der Waals surface area contributed by atoms with E-state index in [0.717, 1.165) is 19.3 Å². The van der Waals surface area contributed by atoms with E-state index in [1.165, 1.54) is 26.2 Å². The first kappa shape index (κ1) is 18.0. The molecule has 0 amide bonds. The fourth-order valence-corrected chi connectivity index (χ4v) is 1.63. The van der Waals surface area contributed by atoms with Crippen LogP contribution in [0.15, 0.2) is 0 Å². The zero-order valence-corrected chi connectivity index (χ0v) is 11.3. The van der Waals surface area contributed by atoms with Crippen LogP contribution in [0.1, 0.15) is 58.8 Å². The fraction of sp³-hybridized carbons (Fsp3) is 0.833. The normalized spacial score (nSPS) is 11.6. The molecule has 0 saturated carbocycles. The molecule has 0 spiro atoms. The number of hydrogen-bond donors (Lipinski definition) is 1. The zero-order valence-electron chi connectivity index (χ0n) is 10.2. The summed E-state index contributed by atoms with van der Waals surface area (Å²) in [5.41, 5.74) is 0. The molecular formula is C12H22MnO3. The summed E-state index contributed by atoms with van der Waals surface area (Å²) in [5.74, 6) is -1.98. The Morgan fingerprint density at radius 1 is 1.06 bits per heavy atom. The molecule has 0 aliphatic heterocycles. The Morgan fingerprint density at radius 3 is 2.00 bits per heavy atom. The molecule has 0 aromatic heterocycles. The molecule has 0 heterocycles. The van der Waals surface area contributed by atoms with Gasteiger partial charge in [-0.15, -0.1) is 0 Å². The summed E-state index contributed by atoms with van der Waals surface area (Å²) in [6, 6.07) is 0. The fourth-order valence-electron chi connectivity index (χ4n) is 1.63. The summed E-state index contributed by atoms with van der Waals surface area (Å²) in [7, 11) is 0. The average molecular weight is 269 g/mol. The van der Waals surface area contributed by atoms with Gasteiger partial charge in [-0.2, -0.15) is 0 Å². The van der Waals surface area contributed by atoms with Crippen molar-refractivity contribution in [3.63, 3.8) is 0 Å². The summed E-state index contributed by atoms with van der Waals surface area (Å²) < 4.78 is 0. The van der Waals surface area contributed by atoms with Crippen molar-refractivity contribution in [3.05, 3.63) is 0 Å². The minimum atomic E-state index is -0.976. The van der Waals surface area contributed by atoms with Crippen LogP contribution in [0.2, 0.25) is 0 Å². The van der Waals surface area contributed by atoms with Gasteiger partial charge in [0, 0.05) is 17.1 Å². The maximum Gasteiger partial charge on any atom is 0.314 e. The minimum absolute atomic E-state index is 0. The Bertz CT molecular complexity index is 190. The summed E-state index contributed by atoms with van der Waals surface area (Å²) in [6.07, 6.45) is 7.21. The van der Waals surface area contributed by atoms with Gasteiger partial charge in [-0.05, 0) is 13.3 Å². The molecule has 0 saturated heterocycles. The molecule has 3 nitrogen and oxygen atoms in total. The monoisotopic (exact) mass is 269 g/mol. The number of carbonyl (C=O) groups is 2. The van der Waals surface area contributed by atoms with Crippen molar-refractivity contribution in [2.75, 3.05) is 0 Å². The molecule has 1 radical (unpaired) electrons. The van der Waals surface area contributed by atoms with Crippen LogP contribution in [0.4, 0.5) is 0 Å². The van der Waals surface area contributed by atoms with Gasteiger partial charge in [-0.3, -0.25) is 9.59 Å². The number of ketones is 1. The third kappa shape index (κ3) is 8.93. The van der Waals surface area contributed by atoms with Crippen LogP contribution in [0.5, 0.6) is 0 Å². The van der Waals surface area contributed by atoms with Crippen LogP contribution in [-0.2, 0) is 26.7 Å². The molecule has 1 N–H and O–H groups in total. The Hall–Kier alpha value is -0.341. The van der Waals surface area contributed by atoms with E-state index in [0.29, 0.717) is 6.42 Å². The molecule has 0 aliphatic carbocycles. The largest absolute Gasteiger partial charge is 0.481 e. The van der Waals surface area contributed by atoms with Gasteiger partial charge >= 0.3 is 5.97 Å². The second-order valence-corrected chi connectivity index (χ2v) is 4.06. The number of aliphatic carboxylic acids is 1. The number of rotatable bonds is 9. The van der Waals surface area contributed by atoms with E-state index < -0.39 is 11.9 Å². The predicted octanol–water partition coefficient (Wildman–Crippen LogP) is 3.02. The van der Waals surface area contributed by atoms with Crippen molar-refractivity contribution in [1.29, 1.82) is 0 Å². The molecule has 95 valence electrons. The van der Waals surface area contributed by atoms with Crippen molar-refractivity contribution in [2.24, 2.45) is 5.92 Å². The smallest absolute Gasteiger partial charge is 0.314 e. The number of Topliss-reactive ketones (excluding diaryl/α,β-unsaturated/α-hetero) is 1. The van der Waals surface area contributed by atoms with Crippen LogP contribution in [0.25, 0.3) is 0 Å². The maximum absolute atomic E-state index is 11.0. The van der Waals surface area contributed by atoms with Crippen molar-refractivity contribution in [1.82, 2.24) is 0 Å². The second kappa shape index (κ2) is 11.2. The van der Waals surface area contributed by atoms with E-state index in [9.17, 15) is 9.59 Å². The molecule has 16 heavy (non-hydrogen) atoms. The summed E-state index contributed by atoms with van der Waals surface area (Å²) >= 11 is 0. The quantitative estimate of drug-likeness (QED) is 0.397. The molecule has 0 aliphatic rings. The molecule has 1 unspecified atom stereocenters. The van der Waals surface area contributed by atoms with Crippen molar-refractivity contribution >= 4 is 11.8 Å². The van der Waals surface area contributed by atoms with Gasteiger partial charge in [0.05, 0.1) is 0 Å². The summed E-state index contributed by atoms with van der Waals surface area (Å²) in [6.45, 7) is 3.52. The summed E-state index contributed by atoms with van der Waals surface area (Å²) in [5, 5.41) is 8.76. The Labute approximate surface area is 108 Å². The predicted molar refractivity (Wildman–Crippen MR) is 59.8 cm³/mol.